The van der Waals surface area contributed by atoms with Gasteiger partial charge in [-0.3, -0.25) is 9.36 Å². The Morgan fingerprint density at radius 1 is 0.932 bits per heavy atom. The van der Waals surface area contributed by atoms with Crippen LogP contribution >= 0.6 is 22.6 Å². The molecule has 3 aromatic heterocycles. The predicted octanol–water partition coefficient (Wildman–Crippen LogP) is 7.88. The van der Waals surface area contributed by atoms with Gasteiger partial charge in [-0.05, 0) is 121 Å². The molecule has 1 unspecified atom stereocenters. The third kappa shape index (κ3) is 5.46. The number of carbonyl (C=O) groups is 1. The number of anilines is 2. The van der Waals surface area contributed by atoms with E-state index < -0.39 is 0 Å². The zero-order chi connectivity index (χ0) is 29.8. The normalized spacial score (nSPS) is 21.1. The second kappa shape index (κ2) is 11.3. The minimum atomic E-state index is -0.390. The number of fused-ring (bicyclic) bond motifs is 3. The van der Waals surface area contributed by atoms with Crippen LogP contribution in [0, 0.1) is 27.1 Å². The van der Waals surface area contributed by atoms with Crippen molar-refractivity contribution in [2.24, 2.45) is 17.8 Å². The number of halogens is 2. The Labute approximate surface area is 269 Å². The van der Waals surface area contributed by atoms with Crippen LogP contribution < -0.4 is 10.2 Å². The molecule has 2 saturated carbocycles. The van der Waals surface area contributed by atoms with E-state index in [2.05, 4.69) is 78.8 Å². The zero-order valence-corrected chi connectivity index (χ0v) is 26.3. The van der Waals surface area contributed by atoms with Crippen LogP contribution in [0.25, 0.3) is 28.2 Å². The second-order valence-corrected chi connectivity index (χ2v) is 13.8. The van der Waals surface area contributed by atoms with E-state index in [1.807, 2.05) is 12.1 Å². The maximum atomic E-state index is 13.4. The number of nitrogens with zero attached hydrogens (tertiary/aromatic N) is 5. The molecule has 2 aromatic carbocycles. The summed E-state index contributed by atoms with van der Waals surface area (Å²) in [5.41, 5.74) is 3.70. The monoisotopic (exact) mass is 698 g/mol. The molecule has 1 aliphatic heterocycles. The topological polar surface area (TPSA) is 75.9 Å². The van der Waals surface area contributed by atoms with E-state index in [9.17, 15) is 9.18 Å². The maximum Gasteiger partial charge on any atom is 0.256 e. The number of rotatable bonds is 7. The molecule has 5 aromatic rings. The van der Waals surface area contributed by atoms with Gasteiger partial charge in [0.05, 0.1) is 5.69 Å². The van der Waals surface area contributed by atoms with Gasteiger partial charge in [-0.25, -0.2) is 19.3 Å². The minimum Gasteiger partial charge on any atom is -0.353 e. The molecule has 3 atom stereocenters. The molecular formula is C35H32FIN6O. The lowest BCUT2D eigenvalue weighted by Gasteiger charge is -2.30. The largest absolute Gasteiger partial charge is 0.353 e. The second-order valence-electron chi connectivity index (χ2n) is 12.6. The first-order valence-corrected chi connectivity index (χ1v) is 16.5. The number of hydrogen-bond donors (Lipinski definition) is 1. The Kier molecular flexibility index (Phi) is 7.08. The zero-order valence-electron chi connectivity index (χ0n) is 24.2. The number of nitrogens with one attached hydrogen (secondary N) is 1. The number of amides is 1. The summed E-state index contributed by atoms with van der Waals surface area (Å²) in [6.07, 6.45) is 9.80. The molecule has 0 radical (unpaired) electrons. The summed E-state index contributed by atoms with van der Waals surface area (Å²) in [5, 5.41) is 2.86. The Balaban J connectivity index is 1.17. The molecule has 1 N–H and O–H groups in total. The molecule has 44 heavy (non-hydrogen) atoms. The summed E-state index contributed by atoms with van der Waals surface area (Å²) in [5.74, 6) is 3.98. The van der Waals surface area contributed by atoms with Crippen molar-refractivity contribution in [2.45, 2.75) is 44.6 Å². The van der Waals surface area contributed by atoms with Gasteiger partial charge in [0, 0.05) is 39.5 Å². The van der Waals surface area contributed by atoms with E-state index in [-0.39, 0.29) is 11.7 Å². The number of carbonyl (C=O) groups excluding carboxylic acids is 1. The highest BCUT2D eigenvalue weighted by atomic mass is 127. The van der Waals surface area contributed by atoms with E-state index in [4.69, 9.17) is 9.97 Å². The first-order chi connectivity index (χ1) is 21.5. The SMILES string of the molecule is O=C(Nc1cc(-n2c(-c3ccc(I)cc3)nc3ccc(N4C[C@H]5CC(CC6CC6)C[C@@H]4C5)nc32)ccn1)c1ccc(F)cc1. The van der Waals surface area contributed by atoms with Crippen molar-refractivity contribution in [3.05, 3.63) is 93.9 Å². The predicted molar refractivity (Wildman–Crippen MR) is 178 cm³/mol. The molecule has 3 aliphatic rings. The molecule has 1 saturated heterocycles. The first kappa shape index (κ1) is 27.7. The molecule has 2 aliphatic carbocycles. The van der Waals surface area contributed by atoms with Crippen LogP contribution in [0.3, 0.4) is 0 Å². The van der Waals surface area contributed by atoms with Crippen LogP contribution in [0.4, 0.5) is 16.0 Å². The Hall–Kier alpha value is -3.86. The van der Waals surface area contributed by atoms with Crippen molar-refractivity contribution in [1.29, 1.82) is 0 Å². The fourth-order valence-corrected chi connectivity index (χ4v) is 7.58. The van der Waals surface area contributed by atoms with Crippen molar-refractivity contribution < 1.29 is 9.18 Å². The highest BCUT2D eigenvalue weighted by Gasteiger charge is 2.41. The van der Waals surface area contributed by atoms with Crippen LogP contribution in [0.15, 0.2) is 79.0 Å². The molecular weight excluding hydrogens is 666 g/mol. The van der Waals surface area contributed by atoms with Crippen LogP contribution in [0.5, 0.6) is 0 Å². The van der Waals surface area contributed by atoms with Gasteiger partial charge in [0.2, 0.25) is 0 Å². The van der Waals surface area contributed by atoms with Crippen LogP contribution in [0.2, 0.25) is 0 Å². The fourth-order valence-electron chi connectivity index (χ4n) is 7.22. The summed E-state index contributed by atoms with van der Waals surface area (Å²) in [6, 6.07) is 22.3. The number of aromatic nitrogens is 4. The van der Waals surface area contributed by atoms with E-state index in [1.54, 1.807) is 6.20 Å². The molecule has 7 nitrogen and oxygen atoms in total. The van der Waals surface area contributed by atoms with Crippen molar-refractivity contribution in [1.82, 2.24) is 19.5 Å². The Morgan fingerprint density at radius 3 is 2.55 bits per heavy atom. The average molecular weight is 699 g/mol. The smallest absolute Gasteiger partial charge is 0.256 e. The van der Waals surface area contributed by atoms with Gasteiger partial charge in [0.15, 0.2) is 5.65 Å². The highest BCUT2D eigenvalue weighted by Crippen LogP contribution is 2.46. The molecule has 1 amide bonds. The molecule has 222 valence electrons. The summed E-state index contributed by atoms with van der Waals surface area (Å²) in [4.78, 5) is 30.2. The van der Waals surface area contributed by atoms with Gasteiger partial charge in [-0.15, -0.1) is 0 Å². The third-order valence-electron chi connectivity index (χ3n) is 9.37. The summed E-state index contributed by atoms with van der Waals surface area (Å²) in [6.45, 7) is 1.07. The number of pyridine rings is 2. The summed E-state index contributed by atoms with van der Waals surface area (Å²) >= 11 is 2.31. The van der Waals surface area contributed by atoms with Gasteiger partial charge < -0.3 is 10.2 Å². The van der Waals surface area contributed by atoms with Gasteiger partial charge in [-0.1, -0.05) is 25.0 Å². The number of benzene rings is 2. The minimum absolute atomic E-state index is 0.354. The third-order valence-corrected chi connectivity index (χ3v) is 10.1. The Bertz CT molecular complexity index is 1850. The lowest BCUT2D eigenvalue weighted by molar-refractivity contribution is 0.102. The van der Waals surface area contributed by atoms with Crippen LogP contribution in [0.1, 0.15) is 48.9 Å². The van der Waals surface area contributed by atoms with E-state index in [0.717, 1.165) is 61.9 Å². The average Bonchev–Trinajstić information content (AvgIpc) is 3.68. The molecule has 8 rings (SSSR count). The van der Waals surface area contributed by atoms with Gasteiger partial charge in [0.1, 0.15) is 28.8 Å². The fraction of sp³-hybridized carbons (Fsp3) is 0.314. The summed E-state index contributed by atoms with van der Waals surface area (Å²) in [7, 11) is 0. The van der Waals surface area contributed by atoms with Gasteiger partial charge in [0.25, 0.3) is 5.91 Å². The van der Waals surface area contributed by atoms with Crippen molar-refractivity contribution in [3.8, 4) is 17.1 Å². The van der Waals surface area contributed by atoms with Gasteiger partial charge >= 0.3 is 0 Å². The maximum absolute atomic E-state index is 13.4. The number of imidazole rings is 1. The quantitative estimate of drug-likeness (QED) is 0.175. The van der Waals surface area contributed by atoms with Crippen molar-refractivity contribution >= 4 is 51.3 Å². The van der Waals surface area contributed by atoms with Crippen molar-refractivity contribution in [3.63, 3.8) is 0 Å². The molecule has 9 heteroatoms. The van der Waals surface area contributed by atoms with E-state index >= 15 is 0 Å². The first-order valence-electron chi connectivity index (χ1n) is 15.4. The van der Waals surface area contributed by atoms with Crippen molar-refractivity contribution in [2.75, 3.05) is 16.8 Å². The van der Waals surface area contributed by atoms with Gasteiger partial charge in [-0.2, -0.15) is 0 Å². The van der Waals surface area contributed by atoms with E-state index in [0.29, 0.717) is 17.4 Å². The summed E-state index contributed by atoms with van der Waals surface area (Å²) < 4.78 is 16.6. The molecule has 0 spiro atoms. The number of hydrogen-bond acceptors (Lipinski definition) is 5. The lowest BCUT2D eigenvalue weighted by atomic mass is 9.79. The lowest BCUT2D eigenvalue weighted by Crippen LogP contribution is -2.31. The van der Waals surface area contributed by atoms with E-state index in [1.165, 1.54) is 62.8 Å². The highest BCUT2D eigenvalue weighted by molar-refractivity contribution is 14.1. The Morgan fingerprint density at radius 2 is 1.75 bits per heavy atom. The standard InChI is InChI=1S/C35H32FIN6O/c36-26-7-3-25(4-8-26)35(44)40-31-19-28(13-14-38-31)43-33(24-5-9-27(37)10-6-24)39-30-11-12-32(41-34(30)43)42-20-23-16-22(15-21-1-2-21)17-29(42)18-23/h3-14,19,21-23,29H,1-2,15-18,20H2,(H,38,40,44)/t22?,23-,29+/m0/s1. The molecule has 4 heterocycles. The van der Waals surface area contributed by atoms with Crippen LogP contribution in [-0.2, 0) is 0 Å². The molecule has 2 bridgehead atoms. The molecule has 3 fully saturated rings. The van der Waals surface area contributed by atoms with Crippen LogP contribution in [-0.4, -0.2) is 38.0 Å².